The van der Waals surface area contributed by atoms with Crippen molar-refractivity contribution >= 4 is 0 Å². The third kappa shape index (κ3) is 4.63. The molecule has 2 rings (SSSR count). The summed E-state index contributed by atoms with van der Waals surface area (Å²) >= 11 is 0. The Kier molecular flexibility index (Phi) is 5.33. The number of hydrogen-bond acceptors (Lipinski definition) is 3. The van der Waals surface area contributed by atoms with Gasteiger partial charge >= 0.3 is 0 Å². The van der Waals surface area contributed by atoms with E-state index in [-0.39, 0.29) is 6.04 Å². The average Bonchev–Trinajstić information content (AvgIpc) is 2.39. The SMILES string of the molecule is C=CCONC1C=C(C)CN(Cc2ccccc2)C1. The second-order valence-electron chi connectivity index (χ2n) is 4.99. The van der Waals surface area contributed by atoms with Crippen molar-refractivity contribution in [3.63, 3.8) is 0 Å². The molecular weight excluding hydrogens is 236 g/mol. The maximum atomic E-state index is 5.33. The third-order valence-corrected chi connectivity index (χ3v) is 3.10. The quantitative estimate of drug-likeness (QED) is 0.482. The first kappa shape index (κ1) is 14.0. The summed E-state index contributed by atoms with van der Waals surface area (Å²) in [5, 5.41) is 0. The minimum absolute atomic E-state index is 0.248. The van der Waals surface area contributed by atoms with Crippen LogP contribution in [0.1, 0.15) is 12.5 Å². The van der Waals surface area contributed by atoms with Crippen LogP contribution in [0.25, 0.3) is 0 Å². The van der Waals surface area contributed by atoms with Gasteiger partial charge in [-0.25, -0.2) is 0 Å². The molecule has 0 radical (unpaired) electrons. The van der Waals surface area contributed by atoms with Crippen molar-refractivity contribution in [3.05, 3.63) is 60.2 Å². The first-order chi connectivity index (χ1) is 9.28. The average molecular weight is 258 g/mol. The van der Waals surface area contributed by atoms with Gasteiger partial charge in [0.1, 0.15) is 0 Å². The molecule has 1 atom stereocenters. The van der Waals surface area contributed by atoms with Gasteiger partial charge in [0.15, 0.2) is 0 Å². The van der Waals surface area contributed by atoms with Crippen LogP contribution in [0.5, 0.6) is 0 Å². The van der Waals surface area contributed by atoms with E-state index in [4.69, 9.17) is 4.84 Å². The summed E-state index contributed by atoms with van der Waals surface area (Å²) < 4.78 is 0. The van der Waals surface area contributed by atoms with E-state index >= 15 is 0 Å². The molecule has 0 aromatic heterocycles. The Morgan fingerprint density at radius 1 is 1.42 bits per heavy atom. The molecule has 0 bridgehead atoms. The van der Waals surface area contributed by atoms with E-state index in [0.717, 1.165) is 19.6 Å². The standard InChI is InChI=1S/C16H22N2O/c1-3-9-19-17-16-10-14(2)11-18(13-16)12-15-7-5-4-6-8-15/h3-8,10,16-17H,1,9,11-13H2,2H3. The molecule has 1 aliphatic heterocycles. The van der Waals surface area contributed by atoms with Crippen molar-refractivity contribution in [3.8, 4) is 0 Å². The van der Waals surface area contributed by atoms with E-state index in [0.29, 0.717) is 6.61 Å². The minimum Gasteiger partial charge on any atom is -0.297 e. The van der Waals surface area contributed by atoms with Crippen LogP contribution in [0.15, 0.2) is 54.6 Å². The summed E-state index contributed by atoms with van der Waals surface area (Å²) in [5.41, 5.74) is 5.81. The van der Waals surface area contributed by atoms with Crippen LogP contribution in [-0.4, -0.2) is 30.6 Å². The van der Waals surface area contributed by atoms with E-state index < -0.39 is 0 Å². The fourth-order valence-corrected chi connectivity index (χ4v) is 2.39. The van der Waals surface area contributed by atoms with Gasteiger partial charge in [0.2, 0.25) is 0 Å². The number of hydrogen-bond donors (Lipinski definition) is 1. The Hall–Kier alpha value is -1.42. The van der Waals surface area contributed by atoms with Gasteiger partial charge in [-0.2, -0.15) is 5.48 Å². The van der Waals surface area contributed by atoms with Crippen LogP contribution in [-0.2, 0) is 11.4 Å². The number of hydroxylamine groups is 1. The van der Waals surface area contributed by atoms with Gasteiger partial charge in [0, 0.05) is 19.6 Å². The Balaban J connectivity index is 1.89. The molecule has 19 heavy (non-hydrogen) atoms. The fourth-order valence-electron chi connectivity index (χ4n) is 2.39. The second kappa shape index (κ2) is 7.24. The number of nitrogens with one attached hydrogen (secondary N) is 1. The number of benzene rings is 1. The zero-order chi connectivity index (χ0) is 13.5. The largest absolute Gasteiger partial charge is 0.297 e. The molecule has 0 fully saturated rings. The topological polar surface area (TPSA) is 24.5 Å². The van der Waals surface area contributed by atoms with Crippen LogP contribution in [0.2, 0.25) is 0 Å². The maximum absolute atomic E-state index is 5.33. The molecule has 102 valence electrons. The lowest BCUT2D eigenvalue weighted by Crippen LogP contribution is -2.43. The van der Waals surface area contributed by atoms with Crippen LogP contribution in [0.4, 0.5) is 0 Å². The molecule has 1 aromatic rings. The monoisotopic (exact) mass is 258 g/mol. The molecule has 1 N–H and O–H groups in total. The molecule has 1 unspecified atom stereocenters. The Morgan fingerprint density at radius 2 is 2.21 bits per heavy atom. The zero-order valence-corrected chi connectivity index (χ0v) is 11.5. The first-order valence-electron chi connectivity index (χ1n) is 6.69. The van der Waals surface area contributed by atoms with Gasteiger partial charge in [-0.15, -0.1) is 6.58 Å². The van der Waals surface area contributed by atoms with Crippen molar-refractivity contribution < 1.29 is 4.84 Å². The summed E-state index contributed by atoms with van der Waals surface area (Å²) in [6, 6.07) is 10.8. The van der Waals surface area contributed by atoms with E-state index in [1.54, 1.807) is 6.08 Å². The van der Waals surface area contributed by atoms with Crippen molar-refractivity contribution in [2.24, 2.45) is 0 Å². The number of rotatable bonds is 6. The van der Waals surface area contributed by atoms with Gasteiger partial charge in [-0.1, -0.05) is 48.1 Å². The van der Waals surface area contributed by atoms with Gasteiger partial charge in [-0.05, 0) is 12.5 Å². The molecule has 3 nitrogen and oxygen atoms in total. The predicted octanol–water partition coefficient (Wildman–Crippen LogP) is 2.52. The van der Waals surface area contributed by atoms with Crippen LogP contribution >= 0.6 is 0 Å². The summed E-state index contributed by atoms with van der Waals surface area (Å²) in [7, 11) is 0. The molecule has 1 aromatic carbocycles. The van der Waals surface area contributed by atoms with E-state index in [1.807, 2.05) is 0 Å². The number of nitrogens with zero attached hydrogens (tertiary/aromatic N) is 1. The summed E-state index contributed by atoms with van der Waals surface area (Å²) in [5.74, 6) is 0. The zero-order valence-electron chi connectivity index (χ0n) is 11.5. The van der Waals surface area contributed by atoms with Gasteiger partial charge in [0.25, 0.3) is 0 Å². The lowest BCUT2D eigenvalue weighted by atomic mass is 10.1. The summed E-state index contributed by atoms with van der Waals surface area (Å²) in [4.78, 5) is 7.76. The molecule has 0 amide bonds. The minimum atomic E-state index is 0.248. The van der Waals surface area contributed by atoms with Gasteiger partial charge in [0.05, 0.1) is 12.6 Å². The Morgan fingerprint density at radius 3 is 2.95 bits per heavy atom. The van der Waals surface area contributed by atoms with Gasteiger partial charge < -0.3 is 0 Å². The van der Waals surface area contributed by atoms with Crippen LogP contribution in [0.3, 0.4) is 0 Å². The summed E-state index contributed by atoms with van der Waals surface area (Å²) in [6.45, 7) is 9.30. The van der Waals surface area contributed by atoms with Crippen molar-refractivity contribution in [2.45, 2.75) is 19.5 Å². The predicted molar refractivity (Wildman–Crippen MR) is 78.5 cm³/mol. The molecular formula is C16H22N2O. The van der Waals surface area contributed by atoms with E-state index in [9.17, 15) is 0 Å². The highest BCUT2D eigenvalue weighted by atomic mass is 16.6. The fraction of sp³-hybridized carbons (Fsp3) is 0.375. The lowest BCUT2D eigenvalue weighted by Gasteiger charge is -2.31. The molecule has 0 saturated heterocycles. The van der Waals surface area contributed by atoms with E-state index in [1.165, 1.54) is 11.1 Å². The molecule has 1 heterocycles. The molecule has 3 heteroatoms. The highest BCUT2D eigenvalue weighted by molar-refractivity contribution is 5.17. The Bertz CT molecular complexity index is 428. The molecule has 0 aliphatic carbocycles. The normalized spacial score (nSPS) is 20.1. The van der Waals surface area contributed by atoms with Gasteiger partial charge in [-0.3, -0.25) is 9.74 Å². The molecule has 1 aliphatic rings. The lowest BCUT2D eigenvalue weighted by molar-refractivity contribution is 0.0337. The summed E-state index contributed by atoms with van der Waals surface area (Å²) in [6.07, 6.45) is 3.98. The van der Waals surface area contributed by atoms with Crippen molar-refractivity contribution in [1.82, 2.24) is 10.4 Å². The first-order valence-corrected chi connectivity index (χ1v) is 6.69. The highest BCUT2D eigenvalue weighted by Gasteiger charge is 2.18. The van der Waals surface area contributed by atoms with Crippen molar-refractivity contribution in [2.75, 3.05) is 19.7 Å². The van der Waals surface area contributed by atoms with Crippen LogP contribution < -0.4 is 5.48 Å². The third-order valence-electron chi connectivity index (χ3n) is 3.10. The highest BCUT2D eigenvalue weighted by Crippen LogP contribution is 2.13. The van der Waals surface area contributed by atoms with Crippen LogP contribution in [0, 0.1) is 0 Å². The Labute approximate surface area is 115 Å². The van der Waals surface area contributed by atoms with Crippen molar-refractivity contribution in [1.29, 1.82) is 0 Å². The maximum Gasteiger partial charge on any atom is 0.0861 e. The smallest absolute Gasteiger partial charge is 0.0861 e. The van der Waals surface area contributed by atoms with E-state index in [2.05, 4.69) is 60.3 Å². The molecule has 0 saturated carbocycles. The molecule has 0 spiro atoms. The second-order valence-corrected chi connectivity index (χ2v) is 4.99.